The molecular weight excluding hydrogens is 399 g/mol. The van der Waals surface area contributed by atoms with Gasteiger partial charge < -0.3 is 16.2 Å². The molecule has 138 valence electrons. The Balaban J connectivity index is 2.63. The summed E-state index contributed by atoms with van der Waals surface area (Å²) < 4.78 is 5.08. The van der Waals surface area contributed by atoms with Crippen molar-refractivity contribution in [1.29, 1.82) is 0 Å². The minimum Gasteiger partial charge on any atom is -0.461 e. The summed E-state index contributed by atoms with van der Waals surface area (Å²) in [6.07, 6.45) is 0. The van der Waals surface area contributed by atoms with Crippen LogP contribution in [0.4, 0.5) is 11.4 Å². The van der Waals surface area contributed by atoms with Crippen molar-refractivity contribution in [2.75, 3.05) is 17.3 Å². The van der Waals surface area contributed by atoms with Crippen LogP contribution in [0, 0.1) is 0 Å². The van der Waals surface area contributed by atoms with Crippen molar-refractivity contribution in [1.82, 2.24) is 0 Å². The molecule has 2 aromatic rings. The van der Waals surface area contributed by atoms with Crippen molar-refractivity contribution in [2.45, 2.75) is 6.92 Å². The number of nitrogens with two attached hydrogens (primary N) is 3. The first-order valence-corrected chi connectivity index (χ1v) is 8.61. The summed E-state index contributed by atoms with van der Waals surface area (Å²) in [6.45, 7) is 1.80. The Kier molecular flexibility index (Phi) is 6.61. The van der Waals surface area contributed by atoms with Crippen LogP contribution in [-0.2, 0) is 9.53 Å². The zero-order chi connectivity index (χ0) is 19.4. The van der Waals surface area contributed by atoms with Gasteiger partial charge in [-0.25, -0.2) is 10.6 Å². The minimum absolute atomic E-state index is 0.0684. The lowest BCUT2D eigenvalue weighted by Gasteiger charge is -2.24. The van der Waals surface area contributed by atoms with Gasteiger partial charge in [0, 0.05) is 10.6 Å². The number of ether oxygens (including phenoxy) is 1. The molecule has 2 aromatic carbocycles. The van der Waals surface area contributed by atoms with Gasteiger partial charge in [0.2, 0.25) is 0 Å². The number of benzene rings is 2. The molecule has 0 amide bonds. The van der Waals surface area contributed by atoms with Crippen molar-refractivity contribution >= 4 is 57.8 Å². The third-order valence-corrected chi connectivity index (χ3v) is 4.39. The van der Waals surface area contributed by atoms with Gasteiger partial charge in [-0.3, -0.25) is 5.01 Å². The SMILES string of the molecule is CCOC(=O)/C(=C(\N)c1cccc(Cl)c1)N(N)c1cc(Cl)c(Cl)cc1N. The first-order valence-electron chi connectivity index (χ1n) is 7.48. The number of hydrogen-bond donors (Lipinski definition) is 3. The van der Waals surface area contributed by atoms with E-state index in [-0.39, 0.29) is 39.4 Å². The number of hydrogen-bond acceptors (Lipinski definition) is 6. The van der Waals surface area contributed by atoms with E-state index in [1.54, 1.807) is 31.2 Å². The number of hydrazine groups is 1. The highest BCUT2D eigenvalue weighted by Gasteiger charge is 2.25. The van der Waals surface area contributed by atoms with Gasteiger partial charge in [-0.1, -0.05) is 46.9 Å². The zero-order valence-corrected chi connectivity index (χ0v) is 16.1. The van der Waals surface area contributed by atoms with E-state index in [4.69, 9.17) is 56.8 Å². The monoisotopic (exact) mass is 414 g/mol. The standard InChI is InChI=1S/C17H17Cl3N4O2/c1-2-26-17(25)16(15(22)9-4-3-5-10(18)6-9)24(23)14-8-12(20)11(19)7-13(14)21/h3-8H,2,21-23H2,1H3/b16-15+. The van der Waals surface area contributed by atoms with Gasteiger partial charge in [0.15, 0.2) is 5.70 Å². The van der Waals surface area contributed by atoms with Crippen molar-refractivity contribution in [3.05, 3.63) is 62.7 Å². The molecule has 0 heterocycles. The fourth-order valence-corrected chi connectivity index (χ4v) is 2.73. The lowest BCUT2D eigenvalue weighted by Crippen LogP contribution is -2.37. The predicted octanol–water partition coefficient (Wildman–Crippen LogP) is 3.80. The van der Waals surface area contributed by atoms with E-state index < -0.39 is 5.97 Å². The molecule has 0 unspecified atom stereocenters. The Bertz CT molecular complexity index is 871. The highest BCUT2D eigenvalue weighted by molar-refractivity contribution is 6.42. The van der Waals surface area contributed by atoms with Crippen LogP contribution < -0.4 is 22.3 Å². The van der Waals surface area contributed by atoms with Crippen molar-refractivity contribution in [3.8, 4) is 0 Å². The van der Waals surface area contributed by atoms with Gasteiger partial charge in [0.25, 0.3) is 0 Å². The van der Waals surface area contributed by atoms with Crippen LogP contribution in [0.3, 0.4) is 0 Å². The second-order valence-corrected chi connectivity index (χ2v) is 6.44. The molecular formula is C17H17Cl3N4O2. The number of anilines is 2. The topological polar surface area (TPSA) is 108 Å². The van der Waals surface area contributed by atoms with E-state index >= 15 is 0 Å². The number of nitrogens with zero attached hydrogens (tertiary/aromatic N) is 1. The van der Waals surface area contributed by atoms with Gasteiger partial charge in [-0.15, -0.1) is 0 Å². The molecule has 2 rings (SSSR count). The molecule has 0 saturated heterocycles. The number of esters is 1. The molecule has 0 fully saturated rings. The Hall–Kier alpha value is -2.12. The summed E-state index contributed by atoms with van der Waals surface area (Å²) in [5.74, 6) is 5.42. The van der Waals surface area contributed by atoms with Crippen LogP contribution in [0.5, 0.6) is 0 Å². The highest BCUT2D eigenvalue weighted by atomic mass is 35.5. The molecule has 0 bridgehead atoms. The highest BCUT2D eigenvalue weighted by Crippen LogP contribution is 2.34. The molecule has 0 aliphatic rings. The van der Waals surface area contributed by atoms with Gasteiger partial charge in [0.1, 0.15) is 0 Å². The minimum atomic E-state index is -0.724. The number of nitrogen functional groups attached to an aromatic ring is 1. The molecule has 0 aliphatic heterocycles. The van der Waals surface area contributed by atoms with E-state index in [9.17, 15) is 4.79 Å². The first-order chi connectivity index (χ1) is 12.3. The predicted molar refractivity (Wildman–Crippen MR) is 107 cm³/mol. The number of carbonyl (C=O) groups is 1. The van der Waals surface area contributed by atoms with Crippen LogP contribution >= 0.6 is 34.8 Å². The maximum atomic E-state index is 12.5. The van der Waals surface area contributed by atoms with Gasteiger partial charge in [0.05, 0.1) is 33.7 Å². The number of rotatable bonds is 5. The fraction of sp³-hybridized carbons (Fsp3) is 0.118. The van der Waals surface area contributed by atoms with E-state index in [1.807, 2.05) is 0 Å². The molecule has 0 aliphatic carbocycles. The largest absolute Gasteiger partial charge is 0.461 e. The quantitative estimate of drug-likeness (QED) is 0.225. The molecule has 0 spiro atoms. The molecule has 9 heteroatoms. The average Bonchev–Trinajstić information content (AvgIpc) is 2.58. The van der Waals surface area contributed by atoms with Crippen LogP contribution in [-0.4, -0.2) is 12.6 Å². The van der Waals surface area contributed by atoms with E-state index in [0.29, 0.717) is 10.6 Å². The Morgan fingerprint density at radius 2 is 1.81 bits per heavy atom. The van der Waals surface area contributed by atoms with Crippen molar-refractivity contribution in [2.24, 2.45) is 11.6 Å². The Morgan fingerprint density at radius 3 is 2.42 bits per heavy atom. The van der Waals surface area contributed by atoms with Gasteiger partial charge >= 0.3 is 5.97 Å². The van der Waals surface area contributed by atoms with Crippen molar-refractivity contribution in [3.63, 3.8) is 0 Å². The number of halogens is 3. The van der Waals surface area contributed by atoms with E-state index in [0.717, 1.165) is 5.01 Å². The second-order valence-electron chi connectivity index (χ2n) is 5.19. The summed E-state index contributed by atoms with van der Waals surface area (Å²) in [4.78, 5) is 12.5. The molecule has 0 saturated carbocycles. The molecule has 0 aromatic heterocycles. The van der Waals surface area contributed by atoms with Gasteiger partial charge in [-0.05, 0) is 31.2 Å². The Morgan fingerprint density at radius 1 is 1.15 bits per heavy atom. The van der Waals surface area contributed by atoms with E-state index in [1.165, 1.54) is 12.1 Å². The lowest BCUT2D eigenvalue weighted by molar-refractivity contribution is -0.138. The molecule has 26 heavy (non-hydrogen) atoms. The summed E-state index contributed by atoms with van der Waals surface area (Å²) in [5.41, 5.74) is 13.1. The fourth-order valence-electron chi connectivity index (χ4n) is 2.21. The lowest BCUT2D eigenvalue weighted by atomic mass is 10.1. The Labute approximate surface area is 166 Å². The molecule has 6 N–H and O–H groups in total. The molecule has 6 nitrogen and oxygen atoms in total. The molecule has 0 radical (unpaired) electrons. The van der Waals surface area contributed by atoms with Crippen LogP contribution in [0.15, 0.2) is 42.1 Å². The van der Waals surface area contributed by atoms with Crippen molar-refractivity contribution < 1.29 is 9.53 Å². The van der Waals surface area contributed by atoms with Gasteiger partial charge in [-0.2, -0.15) is 0 Å². The maximum absolute atomic E-state index is 12.5. The zero-order valence-electron chi connectivity index (χ0n) is 13.8. The third-order valence-electron chi connectivity index (χ3n) is 3.43. The van der Waals surface area contributed by atoms with E-state index in [2.05, 4.69) is 0 Å². The molecule has 0 atom stereocenters. The second kappa shape index (κ2) is 8.51. The first kappa shape index (κ1) is 20.2. The van der Waals surface area contributed by atoms with Crippen LogP contribution in [0.1, 0.15) is 12.5 Å². The average molecular weight is 416 g/mol. The van der Waals surface area contributed by atoms with Crippen LogP contribution in [0.2, 0.25) is 15.1 Å². The number of carbonyl (C=O) groups excluding carboxylic acids is 1. The third kappa shape index (κ3) is 4.34. The summed E-state index contributed by atoms with van der Waals surface area (Å²) >= 11 is 18.0. The normalized spacial score (nSPS) is 11.7. The van der Waals surface area contributed by atoms with Crippen LogP contribution in [0.25, 0.3) is 5.70 Å². The summed E-state index contributed by atoms with van der Waals surface area (Å²) in [7, 11) is 0. The summed E-state index contributed by atoms with van der Waals surface area (Å²) in [6, 6.07) is 9.52. The smallest absolute Gasteiger partial charge is 0.358 e. The summed E-state index contributed by atoms with van der Waals surface area (Å²) in [5, 5.41) is 1.94. The maximum Gasteiger partial charge on any atom is 0.358 e.